The molecule has 1 aromatic carbocycles. The van der Waals surface area contributed by atoms with Gasteiger partial charge >= 0.3 is 11.9 Å². The third-order valence-electron chi connectivity index (χ3n) is 10.9. The van der Waals surface area contributed by atoms with Gasteiger partial charge in [-0.05, 0) is 70.6 Å². The van der Waals surface area contributed by atoms with Gasteiger partial charge in [-0.15, -0.1) is 0 Å². The number of hydrogen-bond donors (Lipinski definition) is 11. The minimum Gasteiger partial charge on any atom is -0.481 e. The Morgan fingerprint density at radius 1 is 0.380 bits per heavy atom. The molecule has 1 aromatic rings. The number of aliphatic carboxylic acids is 2. The topological polar surface area (TPSA) is 374 Å². The van der Waals surface area contributed by atoms with Crippen LogP contribution < -0.4 is 42.8 Å². The van der Waals surface area contributed by atoms with Crippen molar-refractivity contribution in [3.63, 3.8) is 0 Å². The number of hydroxylamine groups is 6. The Kier molecular flexibility index (Phi) is 33.2. The lowest BCUT2D eigenvalue weighted by molar-refractivity contribution is -0.166. The van der Waals surface area contributed by atoms with E-state index >= 15 is 0 Å². The average molecular weight is 1010 g/mol. The zero-order chi connectivity index (χ0) is 53.0. The summed E-state index contributed by atoms with van der Waals surface area (Å²) in [5.74, 6) is -5.01. The molecule has 1 rings (SSSR count). The molecule has 0 aliphatic heterocycles. The molecule has 71 heavy (non-hydrogen) atoms. The van der Waals surface area contributed by atoms with Crippen LogP contribution in [0.5, 0.6) is 0 Å². The summed E-state index contributed by atoms with van der Waals surface area (Å²) in [6, 6.07) is 0. The van der Waals surface area contributed by atoms with Crippen LogP contribution in [0.1, 0.15) is 129 Å². The molecule has 26 nitrogen and oxygen atoms in total. The molecule has 0 saturated carbocycles. The first kappa shape index (κ1) is 62.8. The van der Waals surface area contributed by atoms with Crippen LogP contribution >= 0.6 is 0 Å². The number of carbonyl (C=O) groups is 9. The zero-order valence-corrected chi connectivity index (χ0v) is 40.9. The number of nitrogens with one attached hydrogen (secondary N) is 6. The molecule has 11 N–H and O–H groups in total. The molecule has 26 heteroatoms. The van der Waals surface area contributed by atoms with Crippen molar-refractivity contribution in [3.05, 3.63) is 20.4 Å². The second-order valence-electron chi connectivity index (χ2n) is 16.9. The molecule has 7 amide bonds. The highest BCUT2D eigenvalue weighted by molar-refractivity contribution is 5.84. The molecule has 0 heterocycles. The highest BCUT2D eigenvalue weighted by atomic mass is 16.5. The van der Waals surface area contributed by atoms with Crippen LogP contribution in [0.3, 0.4) is 0 Å². The predicted octanol–water partition coefficient (Wildman–Crippen LogP) is 0.128. The fourth-order valence-electron chi connectivity index (χ4n) is 6.73. The van der Waals surface area contributed by atoms with Crippen LogP contribution in [0.2, 0.25) is 0 Å². The van der Waals surface area contributed by atoms with Crippen molar-refractivity contribution in [2.24, 2.45) is 0 Å². The van der Waals surface area contributed by atoms with Crippen LogP contribution in [0.15, 0.2) is 9.59 Å². The molecule has 0 saturated heterocycles. The lowest BCUT2D eigenvalue weighted by atomic mass is 10.1. The molecule has 0 spiro atoms. The molecule has 0 radical (unpaired) electrons. The smallest absolute Gasteiger partial charge is 0.303 e. The minimum absolute atomic E-state index is 0.0148. The summed E-state index contributed by atoms with van der Waals surface area (Å²) < 4.78 is 0. The number of anilines is 2. The number of unbranched alkanes of at least 4 members (excludes halogenated alkanes) is 6. The van der Waals surface area contributed by atoms with Crippen LogP contribution in [-0.2, 0) is 43.2 Å². The molecule has 0 bridgehead atoms. The number of amides is 7. The molecule has 0 unspecified atom stereocenters. The SMILES string of the molecule is CC(=O)N(O)CCCCCNC(=O)CCC(=O)N(O)CCCCCNC(=O)CCC(=O)N(O)CCCCCNc1c(NCCN(CCNC(=O)CCCC(=O)O)CCNC(=O)CCCC(=O)O)c(=O)c1=O. The van der Waals surface area contributed by atoms with Crippen LogP contribution in [0, 0.1) is 0 Å². The molecular formula is C45H76N10O16. The lowest BCUT2D eigenvalue weighted by Crippen LogP contribution is -2.43. The van der Waals surface area contributed by atoms with Gasteiger partial charge < -0.3 is 42.1 Å². The third kappa shape index (κ3) is 30.9. The molecule has 402 valence electrons. The van der Waals surface area contributed by atoms with E-state index in [9.17, 15) is 68.4 Å². The first-order valence-corrected chi connectivity index (χ1v) is 24.3. The second kappa shape index (κ2) is 37.6. The summed E-state index contributed by atoms with van der Waals surface area (Å²) in [6.45, 7) is 4.25. The Morgan fingerprint density at radius 2 is 0.732 bits per heavy atom. The Labute approximate surface area is 412 Å². The molecular weight excluding hydrogens is 937 g/mol. The largest absolute Gasteiger partial charge is 0.481 e. The summed E-state index contributed by atoms with van der Waals surface area (Å²) >= 11 is 0. The normalized spacial score (nSPS) is 10.9. The van der Waals surface area contributed by atoms with Gasteiger partial charge in [-0.1, -0.05) is 0 Å². The average Bonchev–Trinajstić information content (AvgIpc) is 3.32. The number of nitrogens with zero attached hydrogens (tertiary/aromatic N) is 4. The standard InChI is InChI=1S/C45H76N10O16/c1-33(56)53(69)27-8-2-5-21-46-36(59)17-19-38(61)54(70)28-9-3-6-22-47-37(60)18-20-39(62)55(71)29-10-4-7-23-50-42-43(45(68)44(42)67)51-26-32-52(30-24-48-34(57)13-11-15-40(63)64)31-25-49-35(58)14-12-16-41(65)66/h50-51,69-71H,2-32H2,1H3,(H,46,59)(H,47,60)(H,48,57)(H,49,58)(H,63,64)(H,65,66). The lowest BCUT2D eigenvalue weighted by Gasteiger charge is -2.24. The Hall–Kier alpha value is -6.25. The van der Waals surface area contributed by atoms with Crippen molar-refractivity contribution in [2.45, 2.75) is 129 Å². The number of hydrogen-bond acceptors (Lipinski definition) is 17. The van der Waals surface area contributed by atoms with Gasteiger partial charge in [0.1, 0.15) is 11.4 Å². The fraction of sp³-hybridized carbons (Fsp3) is 0.711. The Bertz CT molecular complexity index is 1870. The van der Waals surface area contributed by atoms with Gasteiger partial charge in [-0.3, -0.25) is 73.3 Å². The molecule has 0 aliphatic carbocycles. The highest BCUT2D eigenvalue weighted by Crippen LogP contribution is 2.14. The van der Waals surface area contributed by atoms with E-state index in [2.05, 4.69) is 31.9 Å². The Balaban J connectivity index is 2.29. The fourth-order valence-corrected chi connectivity index (χ4v) is 6.73. The van der Waals surface area contributed by atoms with Crippen LogP contribution in [-0.4, -0.2) is 178 Å². The molecule has 0 atom stereocenters. The molecule has 0 aliphatic rings. The van der Waals surface area contributed by atoms with Gasteiger partial charge in [-0.2, -0.15) is 0 Å². The van der Waals surface area contributed by atoms with Gasteiger partial charge in [0, 0.05) is 137 Å². The first-order chi connectivity index (χ1) is 33.8. The maximum Gasteiger partial charge on any atom is 0.303 e. The summed E-state index contributed by atoms with van der Waals surface area (Å²) in [6.07, 6.45) is 4.56. The Morgan fingerprint density at radius 3 is 1.14 bits per heavy atom. The van der Waals surface area contributed by atoms with Crippen molar-refractivity contribution >= 4 is 64.7 Å². The monoisotopic (exact) mass is 1010 g/mol. The zero-order valence-electron chi connectivity index (χ0n) is 40.9. The van der Waals surface area contributed by atoms with Crippen molar-refractivity contribution in [3.8, 4) is 0 Å². The van der Waals surface area contributed by atoms with E-state index in [4.69, 9.17) is 10.2 Å². The van der Waals surface area contributed by atoms with Crippen molar-refractivity contribution in [2.75, 3.05) is 89.2 Å². The van der Waals surface area contributed by atoms with E-state index < -0.39 is 40.5 Å². The minimum atomic E-state index is -1.000. The number of carbonyl (C=O) groups excluding carboxylic acids is 7. The summed E-state index contributed by atoms with van der Waals surface area (Å²) in [7, 11) is 0. The quantitative estimate of drug-likeness (QED) is 0.0179. The summed E-state index contributed by atoms with van der Waals surface area (Å²) in [5, 5.41) is 65.5. The van der Waals surface area contributed by atoms with Crippen molar-refractivity contribution < 1.29 is 69.0 Å². The van der Waals surface area contributed by atoms with Gasteiger partial charge in [0.2, 0.25) is 41.4 Å². The van der Waals surface area contributed by atoms with E-state index in [1.54, 1.807) is 0 Å². The highest BCUT2D eigenvalue weighted by Gasteiger charge is 2.21. The molecule has 0 fully saturated rings. The maximum absolute atomic E-state index is 12.4. The van der Waals surface area contributed by atoms with Crippen LogP contribution in [0.4, 0.5) is 11.4 Å². The predicted molar refractivity (Wildman–Crippen MR) is 256 cm³/mol. The summed E-state index contributed by atoms with van der Waals surface area (Å²) in [5.41, 5.74) is -1.12. The van der Waals surface area contributed by atoms with Crippen molar-refractivity contribution in [1.82, 2.24) is 41.4 Å². The van der Waals surface area contributed by atoms with Gasteiger partial charge in [0.25, 0.3) is 10.9 Å². The van der Waals surface area contributed by atoms with Gasteiger partial charge in [0.15, 0.2) is 0 Å². The number of rotatable bonds is 43. The number of carboxylic acids is 2. The second-order valence-corrected chi connectivity index (χ2v) is 16.9. The third-order valence-corrected chi connectivity index (χ3v) is 10.9. The van der Waals surface area contributed by atoms with E-state index in [0.717, 1.165) is 0 Å². The van der Waals surface area contributed by atoms with Gasteiger partial charge in [-0.25, -0.2) is 15.2 Å². The van der Waals surface area contributed by atoms with E-state index in [0.29, 0.717) is 112 Å². The molecule has 0 aromatic heterocycles. The summed E-state index contributed by atoms with van der Waals surface area (Å²) in [4.78, 5) is 132. The first-order valence-electron chi connectivity index (χ1n) is 24.3. The maximum atomic E-state index is 12.4. The van der Waals surface area contributed by atoms with E-state index in [1.807, 2.05) is 4.90 Å². The van der Waals surface area contributed by atoms with E-state index in [1.165, 1.54) is 6.92 Å². The van der Waals surface area contributed by atoms with Crippen molar-refractivity contribution in [1.29, 1.82) is 0 Å². The van der Waals surface area contributed by atoms with Crippen LogP contribution in [0.25, 0.3) is 0 Å². The van der Waals surface area contributed by atoms with E-state index in [-0.39, 0.29) is 138 Å². The number of carboxylic acid groups (broad SMARTS) is 2. The van der Waals surface area contributed by atoms with Gasteiger partial charge in [0.05, 0.1) is 0 Å².